The number of carbonyl (C=O) groups excluding carboxylic acids is 1. The number of aromatic amines is 1. The molecule has 18 heavy (non-hydrogen) atoms. The van der Waals surface area contributed by atoms with Gasteiger partial charge in [0, 0.05) is 28.9 Å². The van der Waals surface area contributed by atoms with E-state index < -0.39 is 5.91 Å². The van der Waals surface area contributed by atoms with Gasteiger partial charge in [-0.05, 0) is 29.8 Å². The number of nitrogens with two attached hydrogens (primary N) is 1. The fourth-order valence-corrected chi connectivity index (χ4v) is 2.03. The van der Waals surface area contributed by atoms with E-state index in [-0.39, 0.29) is 0 Å². The number of hydrogen-bond acceptors (Lipinski definition) is 2. The second-order valence-electron chi connectivity index (χ2n) is 4.05. The molecule has 0 unspecified atom stereocenters. The predicted octanol–water partition coefficient (Wildman–Crippen LogP) is 2.33. The molecule has 2 aromatic heterocycles. The molecule has 4 heteroatoms. The molecule has 0 aliphatic carbocycles. The Hall–Kier alpha value is -2.62. The quantitative estimate of drug-likeness (QED) is 0.718. The zero-order chi connectivity index (χ0) is 12.5. The van der Waals surface area contributed by atoms with Crippen molar-refractivity contribution in [3.63, 3.8) is 0 Å². The molecule has 2 heterocycles. The molecule has 0 aliphatic heterocycles. The summed E-state index contributed by atoms with van der Waals surface area (Å²) in [6, 6.07) is 11.1. The molecular formula is C14H11N3O. The minimum atomic E-state index is -0.421. The van der Waals surface area contributed by atoms with Crippen molar-refractivity contribution >= 4 is 16.9 Å². The van der Waals surface area contributed by atoms with Crippen molar-refractivity contribution in [3.8, 4) is 11.1 Å². The van der Waals surface area contributed by atoms with E-state index in [1.54, 1.807) is 18.3 Å². The maximum atomic E-state index is 11.2. The van der Waals surface area contributed by atoms with Crippen LogP contribution in [0.25, 0.3) is 22.2 Å². The number of amides is 1. The van der Waals surface area contributed by atoms with E-state index >= 15 is 0 Å². The highest BCUT2D eigenvalue weighted by Gasteiger charge is 2.08. The highest BCUT2D eigenvalue weighted by molar-refractivity contribution is 5.97. The summed E-state index contributed by atoms with van der Waals surface area (Å²) in [6.45, 7) is 0. The molecule has 0 atom stereocenters. The van der Waals surface area contributed by atoms with Crippen LogP contribution in [0.5, 0.6) is 0 Å². The van der Waals surface area contributed by atoms with Gasteiger partial charge in [0.2, 0.25) is 5.91 Å². The Kier molecular flexibility index (Phi) is 2.34. The average molecular weight is 237 g/mol. The number of fused-ring (bicyclic) bond motifs is 1. The van der Waals surface area contributed by atoms with Crippen LogP contribution in [0, 0.1) is 0 Å². The molecule has 88 valence electrons. The Bertz CT molecular complexity index is 730. The maximum Gasteiger partial charge on any atom is 0.248 e. The predicted molar refractivity (Wildman–Crippen MR) is 70.0 cm³/mol. The lowest BCUT2D eigenvalue weighted by Crippen LogP contribution is -2.10. The van der Waals surface area contributed by atoms with Crippen LogP contribution in [-0.4, -0.2) is 15.9 Å². The number of aromatic nitrogens is 2. The molecule has 0 aliphatic rings. The topological polar surface area (TPSA) is 71.8 Å². The van der Waals surface area contributed by atoms with Crippen molar-refractivity contribution in [2.45, 2.75) is 0 Å². The number of hydrogen-bond donors (Lipinski definition) is 2. The smallest absolute Gasteiger partial charge is 0.248 e. The van der Waals surface area contributed by atoms with E-state index in [2.05, 4.69) is 9.97 Å². The van der Waals surface area contributed by atoms with E-state index in [0.29, 0.717) is 5.56 Å². The summed E-state index contributed by atoms with van der Waals surface area (Å²) in [6.07, 6.45) is 3.63. The molecule has 3 N–H and O–H groups in total. The van der Waals surface area contributed by atoms with Crippen LogP contribution in [0.4, 0.5) is 0 Å². The van der Waals surface area contributed by atoms with Crippen molar-refractivity contribution in [2.24, 2.45) is 5.73 Å². The van der Waals surface area contributed by atoms with Crippen LogP contribution < -0.4 is 5.73 Å². The first-order valence-corrected chi connectivity index (χ1v) is 5.58. The minimum absolute atomic E-state index is 0.421. The van der Waals surface area contributed by atoms with Crippen LogP contribution >= 0.6 is 0 Å². The number of pyridine rings is 1. The van der Waals surface area contributed by atoms with Gasteiger partial charge in [-0.15, -0.1) is 0 Å². The summed E-state index contributed by atoms with van der Waals surface area (Å²) in [5, 5.41) is 1.03. The lowest BCUT2D eigenvalue weighted by molar-refractivity contribution is 0.100. The molecule has 1 aromatic carbocycles. The number of benzene rings is 1. The Morgan fingerprint density at radius 3 is 2.94 bits per heavy atom. The first kappa shape index (κ1) is 10.5. The summed E-state index contributed by atoms with van der Waals surface area (Å²) in [5.74, 6) is -0.421. The molecule has 4 nitrogen and oxygen atoms in total. The third kappa shape index (κ3) is 1.64. The Balaban J connectivity index is 2.20. The molecular weight excluding hydrogens is 226 g/mol. The number of primary amides is 1. The average Bonchev–Trinajstić information content (AvgIpc) is 2.82. The van der Waals surface area contributed by atoms with Gasteiger partial charge in [-0.2, -0.15) is 0 Å². The monoisotopic (exact) mass is 237 g/mol. The highest BCUT2D eigenvalue weighted by Crippen LogP contribution is 2.27. The van der Waals surface area contributed by atoms with Gasteiger partial charge in [0.25, 0.3) is 0 Å². The summed E-state index contributed by atoms with van der Waals surface area (Å²) in [5.41, 5.74) is 8.59. The fourth-order valence-electron chi connectivity index (χ4n) is 2.03. The van der Waals surface area contributed by atoms with Crippen molar-refractivity contribution in [3.05, 3.63) is 54.4 Å². The van der Waals surface area contributed by atoms with E-state index in [4.69, 9.17) is 5.73 Å². The maximum absolute atomic E-state index is 11.2. The van der Waals surface area contributed by atoms with Crippen LogP contribution in [-0.2, 0) is 0 Å². The Labute approximate surface area is 103 Å². The second-order valence-corrected chi connectivity index (χ2v) is 4.05. The van der Waals surface area contributed by atoms with Gasteiger partial charge in [0.1, 0.15) is 5.65 Å². The van der Waals surface area contributed by atoms with Crippen LogP contribution in [0.15, 0.2) is 48.8 Å². The summed E-state index contributed by atoms with van der Waals surface area (Å²) >= 11 is 0. The Morgan fingerprint density at radius 1 is 1.22 bits per heavy atom. The van der Waals surface area contributed by atoms with E-state index in [0.717, 1.165) is 22.2 Å². The number of carbonyl (C=O) groups is 1. The molecule has 0 radical (unpaired) electrons. The van der Waals surface area contributed by atoms with Gasteiger partial charge in [-0.1, -0.05) is 12.1 Å². The molecule has 1 amide bonds. The lowest BCUT2D eigenvalue weighted by atomic mass is 10.0. The van der Waals surface area contributed by atoms with Gasteiger partial charge < -0.3 is 10.7 Å². The van der Waals surface area contributed by atoms with Crippen LogP contribution in [0.2, 0.25) is 0 Å². The molecule has 3 aromatic rings. The molecule has 0 saturated heterocycles. The summed E-state index contributed by atoms with van der Waals surface area (Å²) in [7, 11) is 0. The van der Waals surface area contributed by atoms with Crippen molar-refractivity contribution in [1.82, 2.24) is 9.97 Å². The largest absolute Gasteiger partial charge is 0.366 e. The normalized spacial score (nSPS) is 10.7. The van der Waals surface area contributed by atoms with Crippen molar-refractivity contribution in [2.75, 3.05) is 0 Å². The van der Waals surface area contributed by atoms with E-state index in [1.165, 1.54) is 0 Å². The van der Waals surface area contributed by atoms with Gasteiger partial charge in [-0.3, -0.25) is 4.79 Å². The number of nitrogens with zero attached hydrogens (tertiary/aromatic N) is 1. The minimum Gasteiger partial charge on any atom is -0.366 e. The molecule has 3 rings (SSSR count). The van der Waals surface area contributed by atoms with Gasteiger partial charge in [0.15, 0.2) is 0 Å². The third-order valence-corrected chi connectivity index (χ3v) is 2.91. The summed E-state index contributed by atoms with van der Waals surface area (Å²) < 4.78 is 0. The molecule has 0 bridgehead atoms. The van der Waals surface area contributed by atoms with E-state index in [1.807, 2.05) is 30.5 Å². The molecule has 0 spiro atoms. The van der Waals surface area contributed by atoms with E-state index in [9.17, 15) is 4.79 Å². The fraction of sp³-hybridized carbons (Fsp3) is 0. The zero-order valence-electron chi connectivity index (χ0n) is 9.55. The summed E-state index contributed by atoms with van der Waals surface area (Å²) in [4.78, 5) is 18.5. The zero-order valence-corrected chi connectivity index (χ0v) is 9.55. The second kappa shape index (κ2) is 4.00. The van der Waals surface area contributed by atoms with Crippen LogP contribution in [0.3, 0.4) is 0 Å². The number of rotatable bonds is 2. The number of nitrogens with one attached hydrogen (secondary N) is 1. The van der Waals surface area contributed by atoms with Gasteiger partial charge in [0.05, 0.1) is 0 Å². The van der Waals surface area contributed by atoms with Crippen molar-refractivity contribution in [1.29, 1.82) is 0 Å². The molecule has 0 fully saturated rings. The van der Waals surface area contributed by atoms with Crippen molar-refractivity contribution < 1.29 is 4.79 Å². The number of H-pyrrole nitrogens is 1. The SMILES string of the molecule is NC(=O)c1cccc(-c2c[nH]c3ncccc23)c1. The van der Waals surface area contributed by atoms with Gasteiger partial charge >= 0.3 is 0 Å². The first-order chi connectivity index (χ1) is 8.75. The van der Waals surface area contributed by atoms with Crippen LogP contribution in [0.1, 0.15) is 10.4 Å². The van der Waals surface area contributed by atoms with Gasteiger partial charge in [-0.25, -0.2) is 4.98 Å². The lowest BCUT2D eigenvalue weighted by Gasteiger charge is -2.01. The molecule has 0 saturated carbocycles. The third-order valence-electron chi connectivity index (χ3n) is 2.91. The first-order valence-electron chi connectivity index (χ1n) is 5.58. The Morgan fingerprint density at radius 2 is 2.11 bits per heavy atom. The standard InChI is InChI=1S/C14H11N3O/c15-13(18)10-4-1-3-9(7-10)12-8-17-14-11(12)5-2-6-16-14/h1-8H,(H2,15,18)(H,16,17). The highest BCUT2D eigenvalue weighted by atomic mass is 16.1.